The summed E-state index contributed by atoms with van der Waals surface area (Å²) in [7, 11) is 0. The number of amides is 3. The second-order valence-corrected chi connectivity index (χ2v) is 10.5. The Labute approximate surface area is 233 Å². The minimum Gasteiger partial charge on any atom is -0.481 e. The zero-order valence-electron chi connectivity index (χ0n) is 20.2. The Balaban J connectivity index is 1.32. The second-order valence-electron chi connectivity index (χ2n) is 8.86. The molecule has 2 heterocycles. The maximum absolute atomic E-state index is 12.8. The molecule has 11 heteroatoms. The van der Waals surface area contributed by atoms with Gasteiger partial charge in [0, 0.05) is 30.8 Å². The molecule has 1 aliphatic rings. The fourth-order valence-corrected chi connectivity index (χ4v) is 5.66. The topological polar surface area (TPSA) is 116 Å². The summed E-state index contributed by atoms with van der Waals surface area (Å²) in [5, 5.41) is 18.3. The number of nitrogens with one attached hydrogen (secondary N) is 2. The van der Waals surface area contributed by atoms with Crippen LogP contribution in [0.1, 0.15) is 35.2 Å². The van der Waals surface area contributed by atoms with Gasteiger partial charge in [0.25, 0.3) is 5.91 Å². The molecule has 0 bridgehead atoms. The smallest absolute Gasteiger partial charge is 0.305 e. The van der Waals surface area contributed by atoms with Crippen LogP contribution < -0.4 is 10.6 Å². The largest absolute Gasteiger partial charge is 0.481 e. The number of carboxylic acid groups (broad SMARTS) is 1. The highest BCUT2D eigenvalue weighted by atomic mass is 35.5. The number of piperidine rings is 1. The molecule has 0 aliphatic carbocycles. The van der Waals surface area contributed by atoms with Gasteiger partial charge in [-0.1, -0.05) is 41.4 Å². The summed E-state index contributed by atoms with van der Waals surface area (Å²) < 4.78 is 0.898. The number of carbonyl (C=O) groups is 4. The van der Waals surface area contributed by atoms with E-state index in [0.717, 1.165) is 10.1 Å². The van der Waals surface area contributed by atoms with E-state index in [-0.39, 0.29) is 11.9 Å². The molecule has 1 aromatic heterocycles. The van der Waals surface area contributed by atoms with Gasteiger partial charge in [0.1, 0.15) is 6.04 Å². The molecular formula is C27H25Cl2N3O5S. The molecule has 198 valence electrons. The zero-order chi connectivity index (χ0) is 27.2. The molecule has 0 unspecified atom stereocenters. The highest BCUT2D eigenvalue weighted by Crippen LogP contribution is 2.37. The number of likely N-dealkylation sites (tertiary alicyclic amines) is 1. The average molecular weight is 574 g/mol. The second kappa shape index (κ2) is 12.4. The molecule has 0 saturated carbocycles. The third kappa shape index (κ3) is 6.72. The summed E-state index contributed by atoms with van der Waals surface area (Å²) in [4.78, 5) is 51.0. The first-order chi connectivity index (χ1) is 18.2. The van der Waals surface area contributed by atoms with E-state index in [0.29, 0.717) is 47.1 Å². The van der Waals surface area contributed by atoms with E-state index in [4.69, 9.17) is 23.2 Å². The van der Waals surface area contributed by atoms with Crippen LogP contribution in [0, 0.1) is 0 Å². The van der Waals surface area contributed by atoms with Crippen LogP contribution in [0.4, 0.5) is 0 Å². The Morgan fingerprint density at radius 1 is 1.08 bits per heavy atom. The Kier molecular flexibility index (Phi) is 9.04. The Bertz CT molecular complexity index is 1380. The minimum absolute atomic E-state index is 0.189. The molecule has 3 amide bonds. The number of fused-ring (bicyclic) bond motifs is 1. The Hall–Kier alpha value is -3.40. The number of hydrogen-bond donors (Lipinski definition) is 3. The molecule has 3 aromatic rings. The van der Waals surface area contributed by atoms with Gasteiger partial charge in [0.15, 0.2) is 0 Å². The number of rotatable bonds is 8. The lowest BCUT2D eigenvalue weighted by molar-refractivity contribution is -0.140. The van der Waals surface area contributed by atoms with Gasteiger partial charge in [0.05, 0.1) is 21.2 Å². The maximum Gasteiger partial charge on any atom is 0.305 e. The number of halogens is 2. The first-order valence-corrected chi connectivity index (χ1v) is 13.6. The SMILES string of the molecule is O=C(O)C[C@@H](NC(=O)c1ccccc1)C(=O)NC1CCN(C(=O)/C=C/c2cc3ccsc3c(Cl)c2Cl)CC1. The van der Waals surface area contributed by atoms with Crippen molar-refractivity contribution in [2.45, 2.75) is 31.3 Å². The fourth-order valence-electron chi connectivity index (χ4n) is 4.22. The number of carbonyl (C=O) groups excluding carboxylic acids is 3. The van der Waals surface area contributed by atoms with Crippen LogP contribution in [-0.2, 0) is 14.4 Å². The molecule has 3 N–H and O–H groups in total. The summed E-state index contributed by atoms with van der Waals surface area (Å²) in [5.74, 6) is -2.49. The molecule has 8 nitrogen and oxygen atoms in total. The third-order valence-electron chi connectivity index (χ3n) is 6.25. The lowest BCUT2D eigenvalue weighted by atomic mass is 10.0. The molecule has 38 heavy (non-hydrogen) atoms. The van der Waals surface area contributed by atoms with Gasteiger partial charge in [-0.2, -0.15) is 0 Å². The summed E-state index contributed by atoms with van der Waals surface area (Å²) in [6.45, 7) is 0.818. The van der Waals surface area contributed by atoms with Crippen LogP contribution >= 0.6 is 34.5 Å². The summed E-state index contributed by atoms with van der Waals surface area (Å²) in [6.07, 6.45) is 3.54. The molecule has 1 atom stereocenters. The van der Waals surface area contributed by atoms with E-state index < -0.39 is 30.2 Å². The normalized spacial score (nSPS) is 14.9. The van der Waals surface area contributed by atoms with E-state index in [1.165, 1.54) is 17.4 Å². The van der Waals surface area contributed by atoms with Gasteiger partial charge < -0.3 is 20.6 Å². The van der Waals surface area contributed by atoms with Crippen molar-refractivity contribution in [3.05, 3.63) is 75.1 Å². The first kappa shape index (κ1) is 27.6. The lowest BCUT2D eigenvalue weighted by Gasteiger charge is -2.32. The van der Waals surface area contributed by atoms with E-state index in [1.807, 2.05) is 17.5 Å². The van der Waals surface area contributed by atoms with E-state index in [2.05, 4.69) is 10.6 Å². The highest BCUT2D eigenvalue weighted by molar-refractivity contribution is 7.18. The lowest BCUT2D eigenvalue weighted by Crippen LogP contribution is -2.53. The fraction of sp³-hybridized carbons (Fsp3) is 0.259. The monoisotopic (exact) mass is 573 g/mol. The first-order valence-electron chi connectivity index (χ1n) is 11.9. The van der Waals surface area contributed by atoms with Crippen LogP contribution in [0.2, 0.25) is 10.0 Å². The van der Waals surface area contributed by atoms with E-state index in [9.17, 15) is 24.3 Å². The zero-order valence-corrected chi connectivity index (χ0v) is 22.5. The van der Waals surface area contributed by atoms with Crippen LogP contribution in [0.15, 0.2) is 53.9 Å². The quantitative estimate of drug-likeness (QED) is 0.340. The van der Waals surface area contributed by atoms with Gasteiger partial charge in [0.2, 0.25) is 11.8 Å². The predicted octanol–water partition coefficient (Wildman–Crippen LogP) is 4.60. The van der Waals surface area contributed by atoms with Crippen molar-refractivity contribution >= 4 is 74.4 Å². The molecule has 1 fully saturated rings. The average Bonchev–Trinajstić information content (AvgIpc) is 3.39. The van der Waals surface area contributed by atoms with Gasteiger partial charge in [-0.3, -0.25) is 19.2 Å². The minimum atomic E-state index is -1.22. The predicted molar refractivity (Wildman–Crippen MR) is 149 cm³/mol. The summed E-state index contributed by atoms with van der Waals surface area (Å²) >= 11 is 14.2. The molecular weight excluding hydrogens is 549 g/mol. The summed E-state index contributed by atoms with van der Waals surface area (Å²) in [6, 6.07) is 10.6. The van der Waals surface area contributed by atoms with Crippen molar-refractivity contribution in [2.75, 3.05) is 13.1 Å². The highest BCUT2D eigenvalue weighted by Gasteiger charge is 2.28. The van der Waals surface area contributed by atoms with Crippen molar-refractivity contribution in [3.8, 4) is 0 Å². The molecule has 4 rings (SSSR count). The van der Waals surface area contributed by atoms with Crippen LogP contribution in [0.3, 0.4) is 0 Å². The number of nitrogens with zero attached hydrogens (tertiary/aromatic N) is 1. The van der Waals surface area contributed by atoms with Gasteiger partial charge in [-0.25, -0.2) is 0 Å². The van der Waals surface area contributed by atoms with Crippen LogP contribution in [0.25, 0.3) is 16.2 Å². The number of carboxylic acids is 1. The van der Waals surface area contributed by atoms with Gasteiger partial charge in [-0.05, 0) is 59.5 Å². The third-order valence-corrected chi connectivity index (χ3v) is 8.19. The molecule has 0 spiro atoms. The molecule has 1 aliphatic heterocycles. The van der Waals surface area contributed by atoms with Crippen molar-refractivity contribution in [2.24, 2.45) is 0 Å². The maximum atomic E-state index is 12.8. The standard InChI is InChI=1S/C27H25Cl2N3O5S/c28-23-17(14-18-10-13-38-25(18)24(23)29)6-7-21(33)32-11-8-19(9-12-32)30-27(37)20(15-22(34)35)31-26(36)16-4-2-1-3-5-16/h1-7,10,13-14,19-20H,8-9,11-12,15H2,(H,30,37)(H,31,36)(H,34,35)/b7-6+/t20-/m1/s1. The van der Waals surface area contributed by atoms with Gasteiger partial charge >= 0.3 is 5.97 Å². The number of hydrogen-bond acceptors (Lipinski definition) is 5. The Morgan fingerprint density at radius 3 is 2.47 bits per heavy atom. The van der Waals surface area contributed by atoms with Crippen LogP contribution in [-0.4, -0.2) is 58.9 Å². The Morgan fingerprint density at radius 2 is 1.79 bits per heavy atom. The number of thiophene rings is 1. The van der Waals surface area contributed by atoms with Crippen molar-refractivity contribution in [1.82, 2.24) is 15.5 Å². The summed E-state index contributed by atoms with van der Waals surface area (Å²) in [5.41, 5.74) is 0.981. The van der Waals surface area contributed by atoms with Gasteiger partial charge in [-0.15, -0.1) is 11.3 Å². The molecule has 1 saturated heterocycles. The van der Waals surface area contributed by atoms with Crippen molar-refractivity contribution in [1.29, 1.82) is 0 Å². The number of benzene rings is 2. The molecule has 0 radical (unpaired) electrons. The van der Waals surface area contributed by atoms with Crippen molar-refractivity contribution in [3.63, 3.8) is 0 Å². The number of aliphatic carboxylic acids is 1. The van der Waals surface area contributed by atoms with E-state index in [1.54, 1.807) is 41.3 Å². The molecule has 2 aromatic carbocycles. The van der Waals surface area contributed by atoms with Crippen molar-refractivity contribution < 1.29 is 24.3 Å². The van der Waals surface area contributed by atoms with Crippen LogP contribution in [0.5, 0.6) is 0 Å². The van der Waals surface area contributed by atoms with E-state index >= 15 is 0 Å².